The molecule has 1 atom stereocenters. The highest BCUT2D eigenvalue weighted by Gasteiger charge is 2.39. The third-order valence-electron chi connectivity index (χ3n) is 6.15. The fraction of sp³-hybridized carbons (Fsp3) is 0.542. The van der Waals surface area contributed by atoms with Gasteiger partial charge in [0.15, 0.2) is 5.01 Å². The Morgan fingerprint density at radius 3 is 2.33 bits per heavy atom. The summed E-state index contributed by atoms with van der Waals surface area (Å²) in [5.41, 5.74) is -1.32. The molecule has 1 aromatic carbocycles. The fourth-order valence-electron chi connectivity index (χ4n) is 3.94. The summed E-state index contributed by atoms with van der Waals surface area (Å²) < 4.78 is 65.7. The van der Waals surface area contributed by atoms with Crippen molar-refractivity contribution in [1.82, 2.24) is 20.3 Å². The second kappa shape index (κ2) is 12.5. The highest BCUT2D eigenvalue weighted by Crippen LogP contribution is 2.41. The van der Waals surface area contributed by atoms with Crippen LogP contribution in [0, 0.1) is 5.92 Å². The number of alkyl halides is 3. The normalized spacial score (nSPS) is 15.7. The summed E-state index contributed by atoms with van der Waals surface area (Å²) in [6, 6.07) is -0.252. The van der Waals surface area contributed by atoms with Gasteiger partial charge in [-0.2, -0.15) is 17.9 Å². The average molecular weight is 646 g/mol. The number of rotatable bonds is 10. The topological polar surface area (TPSA) is 137 Å². The minimum Gasteiger partial charge on any atom is -0.389 e. The van der Waals surface area contributed by atoms with Gasteiger partial charge in [-0.15, -0.1) is 11.3 Å². The second-order valence-electron chi connectivity index (χ2n) is 10.2. The van der Waals surface area contributed by atoms with Crippen LogP contribution < -0.4 is 15.4 Å². The summed E-state index contributed by atoms with van der Waals surface area (Å²) in [6.45, 7) is 3.91. The number of thiazole rings is 1. The number of carbonyl (C=O) groups excluding carboxylic acids is 2. The van der Waals surface area contributed by atoms with E-state index in [-0.39, 0.29) is 32.7 Å². The Bertz CT molecular complexity index is 1370. The number of benzene rings is 1. The van der Waals surface area contributed by atoms with E-state index in [1.807, 2.05) is 0 Å². The minimum absolute atomic E-state index is 0.0551. The van der Waals surface area contributed by atoms with Gasteiger partial charge in [0, 0.05) is 18.7 Å². The van der Waals surface area contributed by atoms with Crippen molar-refractivity contribution in [1.29, 1.82) is 0 Å². The molecule has 0 spiro atoms. The third-order valence-corrected chi connectivity index (χ3v) is 9.81. The molecule has 3 rings (SSSR count). The first kappa shape index (κ1) is 32.5. The largest absolute Gasteiger partial charge is 0.404 e. The molecule has 0 aliphatic heterocycles. The van der Waals surface area contributed by atoms with Crippen molar-refractivity contribution < 1.29 is 36.3 Å². The Balaban J connectivity index is 2.00. The van der Waals surface area contributed by atoms with Gasteiger partial charge in [0.2, 0.25) is 10.0 Å². The van der Waals surface area contributed by atoms with E-state index in [9.17, 15) is 36.3 Å². The van der Waals surface area contributed by atoms with Gasteiger partial charge in [-0.1, -0.05) is 42.1 Å². The molecule has 16 heteroatoms. The Morgan fingerprint density at radius 1 is 1.12 bits per heavy atom. The summed E-state index contributed by atoms with van der Waals surface area (Å²) in [6.07, 6.45) is -0.781. The van der Waals surface area contributed by atoms with Gasteiger partial charge < -0.3 is 15.7 Å². The number of carbonyl (C=O) groups is 2. The molecule has 4 N–H and O–H groups in total. The number of halogens is 5. The first-order valence-corrected chi connectivity index (χ1v) is 15.3. The molecule has 0 unspecified atom stereocenters. The molecule has 0 radical (unpaired) electrons. The molecule has 0 saturated heterocycles. The van der Waals surface area contributed by atoms with Crippen molar-refractivity contribution in [3.8, 4) is 10.4 Å². The highest BCUT2D eigenvalue weighted by molar-refractivity contribution is 7.89. The molecule has 1 aliphatic carbocycles. The van der Waals surface area contributed by atoms with Crippen LogP contribution in [0.1, 0.15) is 66.7 Å². The maximum atomic E-state index is 13.2. The average Bonchev–Trinajstić information content (AvgIpc) is 3.51. The Hall–Kier alpha value is -1.97. The van der Waals surface area contributed by atoms with Crippen molar-refractivity contribution in [2.24, 2.45) is 5.92 Å². The van der Waals surface area contributed by atoms with Crippen LogP contribution in [0.4, 0.5) is 13.2 Å². The SMILES string of the molecule is C[C@H](NS(=O)(=O)c1ccc(-c2sc(C(=O)NCC(C)(C)O)nc2C(=O)NCC2CCCC2)c(Cl)c1Cl)C(F)(F)F. The highest BCUT2D eigenvalue weighted by atomic mass is 35.5. The number of nitrogens with zero attached hydrogens (tertiary/aromatic N) is 1. The van der Waals surface area contributed by atoms with Crippen LogP contribution in [0.15, 0.2) is 17.0 Å². The number of hydrogen-bond acceptors (Lipinski definition) is 7. The van der Waals surface area contributed by atoms with Crippen LogP contribution in [-0.4, -0.2) is 61.2 Å². The zero-order valence-electron chi connectivity index (χ0n) is 21.8. The van der Waals surface area contributed by atoms with Gasteiger partial charge in [0.05, 0.1) is 20.5 Å². The van der Waals surface area contributed by atoms with E-state index in [4.69, 9.17) is 23.2 Å². The number of hydrogen-bond donors (Lipinski definition) is 4. The molecular weight excluding hydrogens is 616 g/mol. The lowest BCUT2D eigenvalue weighted by Crippen LogP contribution is -2.43. The van der Waals surface area contributed by atoms with Gasteiger partial charge in [0.25, 0.3) is 11.8 Å². The maximum absolute atomic E-state index is 13.2. The molecule has 222 valence electrons. The number of sulfonamides is 1. The molecule has 9 nitrogen and oxygen atoms in total. The van der Waals surface area contributed by atoms with Gasteiger partial charge in [-0.05, 0) is 45.6 Å². The standard InChI is InChI=1S/C24H29Cl2F3N4O5S2/c1-12(24(27,28)29)33-40(37,38)15-9-8-14(16(25)17(15)26)19-18(20(34)30-10-13-6-4-5-7-13)32-22(39-19)21(35)31-11-23(2,3)36/h8-9,12-13,33,36H,4-7,10-11H2,1-3H3,(H,30,34)(H,31,35)/t12-/m0/s1. The summed E-state index contributed by atoms with van der Waals surface area (Å²) in [4.78, 5) is 29.5. The lowest BCUT2D eigenvalue weighted by molar-refractivity contribution is -0.147. The summed E-state index contributed by atoms with van der Waals surface area (Å²) in [7, 11) is -4.73. The minimum atomic E-state index is -4.84. The molecule has 1 saturated carbocycles. The van der Waals surface area contributed by atoms with Crippen LogP contribution in [0.5, 0.6) is 0 Å². The molecule has 1 heterocycles. The first-order valence-electron chi connectivity index (χ1n) is 12.3. The molecule has 40 heavy (non-hydrogen) atoms. The van der Waals surface area contributed by atoms with E-state index >= 15 is 0 Å². The van der Waals surface area contributed by atoms with Crippen molar-refractivity contribution >= 4 is 56.4 Å². The predicted molar refractivity (Wildman–Crippen MR) is 146 cm³/mol. The van der Waals surface area contributed by atoms with Crippen molar-refractivity contribution in [3.05, 3.63) is 32.9 Å². The molecule has 2 aromatic rings. The van der Waals surface area contributed by atoms with Gasteiger partial charge in [-0.3, -0.25) is 9.59 Å². The number of aromatic nitrogens is 1. The van der Waals surface area contributed by atoms with Crippen LogP contribution in [-0.2, 0) is 10.0 Å². The van der Waals surface area contributed by atoms with Crippen molar-refractivity contribution in [2.45, 2.75) is 69.2 Å². The lowest BCUT2D eigenvalue weighted by Gasteiger charge is -2.18. The summed E-state index contributed by atoms with van der Waals surface area (Å²) >= 11 is 13.4. The third kappa shape index (κ3) is 8.07. The molecule has 1 aromatic heterocycles. The molecule has 2 amide bonds. The van der Waals surface area contributed by atoms with E-state index in [0.717, 1.165) is 43.1 Å². The number of nitrogens with one attached hydrogen (secondary N) is 3. The molecular formula is C24H29Cl2F3N4O5S2. The quantitative estimate of drug-likeness (QED) is 0.294. The Kier molecular flexibility index (Phi) is 10.2. The van der Waals surface area contributed by atoms with Crippen LogP contribution in [0.25, 0.3) is 10.4 Å². The van der Waals surface area contributed by atoms with Crippen LogP contribution in [0.3, 0.4) is 0 Å². The van der Waals surface area contributed by atoms with Gasteiger partial charge in [-0.25, -0.2) is 13.4 Å². The maximum Gasteiger partial charge on any atom is 0.404 e. The number of amides is 2. The lowest BCUT2D eigenvalue weighted by atomic mass is 10.1. The van der Waals surface area contributed by atoms with Gasteiger partial charge >= 0.3 is 6.18 Å². The van der Waals surface area contributed by atoms with E-state index in [1.165, 1.54) is 24.6 Å². The Labute approximate surface area is 243 Å². The van der Waals surface area contributed by atoms with Crippen molar-refractivity contribution in [2.75, 3.05) is 13.1 Å². The van der Waals surface area contributed by atoms with Crippen LogP contribution >= 0.6 is 34.5 Å². The Morgan fingerprint density at radius 2 is 1.75 bits per heavy atom. The van der Waals surface area contributed by atoms with E-state index in [1.54, 1.807) is 0 Å². The smallest absolute Gasteiger partial charge is 0.389 e. The van der Waals surface area contributed by atoms with Crippen LogP contribution in [0.2, 0.25) is 10.0 Å². The predicted octanol–water partition coefficient (Wildman–Crippen LogP) is 4.77. The molecule has 1 aliphatic rings. The number of aliphatic hydroxyl groups is 1. The van der Waals surface area contributed by atoms with E-state index < -0.39 is 49.6 Å². The molecule has 1 fully saturated rings. The fourth-order valence-corrected chi connectivity index (χ4v) is 7.10. The zero-order chi connectivity index (χ0) is 30.0. The molecule has 0 bridgehead atoms. The zero-order valence-corrected chi connectivity index (χ0v) is 24.9. The monoisotopic (exact) mass is 644 g/mol. The van der Waals surface area contributed by atoms with Crippen molar-refractivity contribution in [3.63, 3.8) is 0 Å². The van der Waals surface area contributed by atoms with Gasteiger partial charge in [0.1, 0.15) is 16.6 Å². The van der Waals surface area contributed by atoms with E-state index in [2.05, 4.69) is 15.6 Å². The summed E-state index contributed by atoms with van der Waals surface area (Å²) in [5.74, 6) is -0.964. The van der Waals surface area contributed by atoms with E-state index in [0.29, 0.717) is 19.4 Å². The first-order chi connectivity index (χ1) is 18.4. The second-order valence-corrected chi connectivity index (χ2v) is 13.6. The summed E-state index contributed by atoms with van der Waals surface area (Å²) in [5, 5.41) is 14.2.